The highest BCUT2D eigenvalue weighted by atomic mass is 16.1. The van der Waals surface area contributed by atoms with Crippen LogP contribution in [0.2, 0.25) is 0 Å². The van der Waals surface area contributed by atoms with Crippen LogP contribution >= 0.6 is 0 Å². The van der Waals surface area contributed by atoms with Gasteiger partial charge in [-0.2, -0.15) is 0 Å². The van der Waals surface area contributed by atoms with Gasteiger partial charge in [0, 0.05) is 24.0 Å². The first-order valence-electron chi connectivity index (χ1n) is 3.55. The van der Waals surface area contributed by atoms with E-state index in [0.29, 0.717) is 0 Å². The molecule has 0 fully saturated rings. The van der Waals surface area contributed by atoms with E-state index in [1.54, 1.807) is 0 Å². The zero-order valence-corrected chi connectivity index (χ0v) is 5.71. The summed E-state index contributed by atoms with van der Waals surface area (Å²) in [6.45, 7) is 1.09. The molecule has 1 aliphatic rings. The largest absolute Gasteiger partial charge is 0.351 e. The minimum absolute atomic E-state index is 0.873. The normalized spacial score (nSPS) is 15.2. The Kier molecular flexibility index (Phi) is 1.13. The average Bonchev–Trinajstić information content (AvgIpc) is 2.44. The third-order valence-corrected chi connectivity index (χ3v) is 2.05. The van der Waals surface area contributed by atoms with Gasteiger partial charge in [0.25, 0.3) is 0 Å². The summed E-state index contributed by atoms with van der Waals surface area (Å²) in [7, 11) is 0. The minimum atomic E-state index is 0.873. The number of carbonyl (C=O) groups excluding carboxylic acids is 1. The Bertz CT molecular complexity index is 262. The van der Waals surface area contributed by atoms with E-state index < -0.39 is 0 Å². The number of fused-ring (bicyclic) bond motifs is 1. The highest BCUT2D eigenvalue weighted by molar-refractivity contribution is 5.76. The summed E-state index contributed by atoms with van der Waals surface area (Å²) in [6, 6.07) is 1.89. The van der Waals surface area contributed by atoms with E-state index >= 15 is 0 Å². The molecule has 2 heteroatoms. The van der Waals surface area contributed by atoms with Crippen molar-refractivity contribution in [3.8, 4) is 0 Å². The smallest absolute Gasteiger partial charge is 0.151 e. The predicted molar refractivity (Wildman–Crippen MR) is 38.1 cm³/mol. The SMILES string of the molecule is O=Cc1ccn2c1CCC2. The second kappa shape index (κ2) is 1.97. The van der Waals surface area contributed by atoms with Gasteiger partial charge in [0.1, 0.15) is 0 Å². The van der Waals surface area contributed by atoms with Crippen LogP contribution in [0.25, 0.3) is 0 Å². The summed E-state index contributed by atoms with van der Waals surface area (Å²) >= 11 is 0. The second-order valence-corrected chi connectivity index (χ2v) is 2.63. The van der Waals surface area contributed by atoms with Crippen molar-refractivity contribution in [2.75, 3.05) is 0 Å². The van der Waals surface area contributed by atoms with Crippen LogP contribution in [-0.4, -0.2) is 10.9 Å². The molecule has 1 aromatic heterocycles. The molecule has 0 aliphatic carbocycles. The van der Waals surface area contributed by atoms with Crippen LogP contribution in [0.4, 0.5) is 0 Å². The lowest BCUT2D eigenvalue weighted by molar-refractivity contribution is 0.112. The lowest BCUT2D eigenvalue weighted by Gasteiger charge is -1.92. The van der Waals surface area contributed by atoms with Gasteiger partial charge < -0.3 is 4.57 Å². The first-order valence-corrected chi connectivity index (χ1v) is 3.55. The van der Waals surface area contributed by atoms with Crippen molar-refractivity contribution in [1.29, 1.82) is 0 Å². The van der Waals surface area contributed by atoms with Crippen molar-refractivity contribution in [2.24, 2.45) is 0 Å². The molecule has 2 heterocycles. The summed E-state index contributed by atoms with van der Waals surface area (Å²) < 4.78 is 2.16. The van der Waals surface area contributed by atoms with Crippen LogP contribution in [0.1, 0.15) is 22.5 Å². The van der Waals surface area contributed by atoms with Crippen molar-refractivity contribution in [1.82, 2.24) is 4.57 Å². The third kappa shape index (κ3) is 0.618. The van der Waals surface area contributed by atoms with E-state index in [0.717, 1.165) is 24.8 Å². The Morgan fingerprint density at radius 3 is 3.30 bits per heavy atom. The van der Waals surface area contributed by atoms with Gasteiger partial charge in [0.05, 0.1) is 0 Å². The zero-order chi connectivity index (χ0) is 6.97. The minimum Gasteiger partial charge on any atom is -0.351 e. The maximum atomic E-state index is 10.4. The van der Waals surface area contributed by atoms with E-state index in [1.807, 2.05) is 12.3 Å². The Labute approximate surface area is 59.5 Å². The van der Waals surface area contributed by atoms with Gasteiger partial charge in [0.15, 0.2) is 6.29 Å². The molecule has 0 spiro atoms. The highest BCUT2D eigenvalue weighted by Gasteiger charge is 2.12. The lowest BCUT2D eigenvalue weighted by Crippen LogP contribution is -1.89. The predicted octanol–water partition coefficient (Wildman–Crippen LogP) is 1.25. The number of aryl methyl sites for hydroxylation is 1. The van der Waals surface area contributed by atoms with E-state index in [1.165, 1.54) is 12.1 Å². The summed E-state index contributed by atoms with van der Waals surface area (Å²) in [5.41, 5.74) is 2.09. The maximum absolute atomic E-state index is 10.4. The third-order valence-electron chi connectivity index (χ3n) is 2.05. The number of hydrogen-bond acceptors (Lipinski definition) is 1. The van der Waals surface area contributed by atoms with Crippen LogP contribution in [0.5, 0.6) is 0 Å². The highest BCUT2D eigenvalue weighted by Crippen LogP contribution is 2.18. The molecule has 0 bridgehead atoms. The van der Waals surface area contributed by atoms with E-state index in [4.69, 9.17) is 0 Å². The van der Waals surface area contributed by atoms with E-state index in [-0.39, 0.29) is 0 Å². The molecule has 0 atom stereocenters. The van der Waals surface area contributed by atoms with Crippen LogP contribution in [0.15, 0.2) is 12.3 Å². The Morgan fingerprint density at radius 1 is 1.60 bits per heavy atom. The van der Waals surface area contributed by atoms with E-state index in [2.05, 4.69) is 4.57 Å². The summed E-state index contributed by atoms with van der Waals surface area (Å²) in [5, 5.41) is 0. The van der Waals surface area contributed by atoms with Crippen molar-refractivity contribution in [2.45, 2.75) is 19.4 Å². The fourth-order valence-electron chi connectivity index (χ4n) is 1.54. The van der Waals surface area contributed by atoms with Gasteiger partial charge in [-0.1, -0.05) is 0 Å². The fourth-order valence-corrected chi connectivity index (χ4v) is 1.54. The first kappa shape index (κ1) is 5.71. The number of aldehydes is 1. The van der Waals surface area contributed by atoms with Gasteiger partial charge in [-0.25, -0.2) is 0 Å². The molecular weight excluding hydrogens is 126 g/mol. The standard InChI is InChI=1S/C8H9NO/c10-6-7-3-5-9-4-1-2-8(7)9/h3,5-6H,1-2,4H2. The Balaban J connectivity index is 2.53. The molecule has 0 aromatic carbocycles. The van der Waals surface area contributed by atoms with Crippen LogP contribution in [0.3, 0.4) is 0 Å². The van der Waals surface area contributed by atoms with Gasteiger partial charge in [-0.3, -0.25) is 4.79 Å². The van der Waals surface area contributed by atoms with Crippen molar-refractivity contribution in [3.63, 3.8) is 0 Å². The molecule has 52 valence electrons. The van der Waals surface area contributed by atoms with Gasteiger partial charge >= 0.3 is 0 Å². The molecule has 0 saturated heterocycles. The second-order valence-electron chi connectivity index (χ2n) is 2.63. The number of carbonyl (C=O) groups is 1. The molecule has 0 N–H and O–H groups in total. The number of hydrogen-bond donors (Lipinski definition) is 0. The van der Waals surface area contributed by atoms with Crippen molar-refractivity contribution < 1.29 is 4.79 Å². The zero-order valence-electron chi connectivity index (χ0n) is 5.71. The van der Waals surface area contributed by atoms with Crippen LogP contribution in [0, 0.1) is 0 Å². The molecule has 0 amide bonds. The van der Waals surface area contributed by atoms with E-state index in [9.17, 15) is 4.79 Å². The summed E-state index contributed by atoms with van der Waals surface area (Å²) in [6.07, 6.45) is 5.20. The fraction of sp³-hybridized carbons (Fsp3) is 0.375. The van der Waals surface area contributed by atoms with Gasteiger partial charge in [-0.15, -0.1) is 0 Å². The molecule has 1 aliphatic heterocycles. The van der Waals surface area contributed by atoms with Crippen molar-refractivity contribution in [3.05, 3.63) is 23.5 Å². The topological polar surface area (TPSA) is 22.0 Å². The average molecular weight is 135 g/mol. The van der Waals surface area contributed by atoms with Gasteiger partial charge in [-0.05, 0) is 18.9 Å². The summed E-state index contributed by atoms with van der Waals surface area (Å²) in [4.78, 5) is 10.4. The molecule has 10 heavy (non-hydrogen) atoms. The molecular formula is C8H9NO. The number of nitrogens with zero attached hydrogens (tertiary/aromatic N) is 1. The quantitative estimate of drug-likeness (QED) is 0.531. The Morgan fingerprint density at radius 2 is 2.50 bits per heavy atom. The summed E-state index contributed by atoms with van der Waals surface area (Å²) in [5.74, 6) is 0. The molecule has 2 rings (SSSR count). The molecule has 0 radical (unpaired) electrons. The molecule has 0 saturated carbocycles. The molecule has 1 aromatic rings. The van der Waals surface area contributed by atoms with Crippen LogP contribution < -0.4 is 0 Å². The first-order chi connectivity index (χ1) is 4.92. The Hall–Kier alpha value is -1.05. The number of rotatable bonds is 1. The molecule has 2 nitrogen and oxygen atoms in total. The molecule has 0 unspecified atom stereocenters. The van der Waals surface area contributed by atoms with Crippen molar-refractivity contribution >= 4 is 6.29 Å². The number of aromatic nitrogens is 1. The maximum Gasteiger partial charge on any atom is 0.151 e. The lowest BCUT2D eigenvalue weighted by atomic mass is 10.2. The van der Waals surface area contributed by atoms with Crippen LogP contribution in [-0.2, 0) is 13.0 Å². The monoisotopic (exact) mass is 135 g/mol. The van der Waals surface area contributed by atoms with Gasteiger partial charge in [0.2, 0.25) is 0 Å².